The summed E-state index contributed by atoms with van der Waals surface area (Å²) in [5.74, 6) is -0.497. The van der Waals surface area contributed by atoms with Crippen LogP contribution in [-0.2, 0) is 16.0 Å². The highest BCUT2D eigenvalue weighted by atomic mass is 35.5. The number of aliphatic imine (C=N–C) groups is 1. The summed E-state index contributed by atoms with van der Waals surface area (Å²) in [6.45, 7) is 4.27. The molecule has 0 fully saturated rings. The van der Waals surface area contributed by atoms with Gasteiger partial charge >= 0.3 is 6.09 Å². The van der Waals surface area contributed by atoms with Gasteiger partial charge in [0.2, 0.25) is 11.9 Å². The predicted octanol–water partition coefficient (Wildman–Crippen LogP) is 4.91. The molecule has 2 aromatic carbocycles. The van der Waals surface area contributed by atoms with Gasteiger partial charge in [-0.3, -0.25) is 20.4 Å². The molecule has 4 N–H and O–H groups in total. The number of hydrogen-bond acceptors (Lipinski definition) is 8. The number of rotatable bonds is 14. The van der Waals surface area contributed by atoms with Crippen molar-refractivity contribution in [3.8, 4) is 6.19 Å². The first-order chi connectivity index (χ1) is 21.0. The van der Waals surface area contributed by atoms with Crippen LogP contribution in [0.4, 0.5) is 14.3 Å². The lowest BCUT2D eigenvalue weighted by atomic mass is 9.95. The number of aliphatic hydroxyl groups excluding tert-OH is 1. The lowest BCUT2D eigenvalue weighted by Gasteiger charge is -2.28. The fraction of sp³-hybridized carbons (Fsp3) is 0.433. The summed E-state index contributed by atoms with van der Waals surface area (Å²) in [4.78, 5) is 36.0. The van der Waals surface area contributed by atoms with Gasteiger partial charge in [-0.05, 0) is 43.0 Å². The average molecular weight is 646 g/mol. The molecule has 0 radical (unpaired) electrons. The Bertz CT molecular complexity index is 1460. The van der Waals surface area contributed by atoms with Crippen molar-refractivity contribution >= 4 is 56.2 Å². The Kier molecular flexibility index (Phi) is 13.1. The number of carbonyl (C=O) groups excluding carboxylic acids is 2. The van der Waals surface area contributed by atoms with Crippen LogP contribution in [0.2, 0.25) is 5.02 Å². The number of para-hydroxylation sites is 1. The van der Waals surface area contributed by atoms with E-state index in [2.05, 4.69) is 25.9 Å². The summed E-state index contributed by atoms with van der Waals surface area (Å²) in [5.41, 5.74) is 0.842. The molecule has 0 bridgehead atoms. The second-order valence-corrected chi connectivity index (χ2v) is 12.3. The highest BCUT2D eigenvalue weighted by Gasteiger charge is 2.23. The molecule has 1 atom stereocenters. The molecule has 11 nitrogen and oxygen atoms in total. The largest absolute Gasteiger partial charge is 0.447 e. The van der Waals surface area contributed by atoms with E-state index in [1.807, 2.05) is 44.3 Å². The minimum atomic E-state index is -0.696. The van der Waals surface area contributed by atoms with E-state index < -0.39 is 23.4 Å². The first-order valence-corrected chi connectivity index (χ1v) is 15.2. The van der Waals surface area contributed by atoms with E-state index in [0.29, 0.717) is 36.6 Å². The van der Waals surface area contributed by atoms with Crippen LogP contribution in [0.25, 0.3) is 10.2 Å². The van der Waals surface area contributed by atoms with E-state index in [4.69, 9.17) is 21.6 Å². The SMILES string of the molecule is CN(C(=O)CCc1cccc(F)c1Cl)[C@@H](CCCNC(=NCC(C)(C)CO)NC#N)COC(=O)Nc1nc2ccccc2s1. The molecule has 14 heteroatoms. The Morgan fingerprint density at radius 3 is 2.77 bits per heavy atom. The summed E-state index contributed by atoms with van der Waals surface area (Å²) < 4.78 is 20.3. The van der Waals surface area contributed by atoms with Gasteiger partial charge in [-0.1, -0.05) is 61.1 Å². The minimum absolute atomic E-state index is 0.00810. The lowest BCUT2D eigenvalue weighted by molar-refractivity contribution is -0.132. The maximum absolute atomic E-state index is 13.9. The van der Waals surface area contributed by atoms with Crippen molar-refractivity contribution in [3.05, 3.63) is 58.9 Å². The molecule has 1 heterocycles. The molecule has 0 aliphatic carbocycles. The number of guanidine groups is 1. The van der Waals surface area contributed by atoms with Crippen molar-refractivity contribution in [3.63, 3.8) is 0 Å². The van der Waals surface area contributed by atoms with Crippen molar-refractivity contribution in [1.82, 2.24) is 20.5 Å². The first-order valence-electron chi connectivity index (χ1n) is 14.0. The topological polar surface area (TPSA) is 152 Å². The summed E-state index contributed by atoms with van der Waals surface area (Å²) in [6, 6.07) is 11.5. The highest BCUT2D eigenvalue weighted by molar-refractivity contribution is 7.22. The molecular weight excluding hydrogens is 609 g/mol. The second-order valence-electron chi connectivity index (χ2n) is 10.9. The van der Waals surface area contributed by atoms with Crippen molar-refractivity contribution in [2.75, 3.05) is 38.7 Å². The van der Waals surface area contributed by atoms with E-state index in [1.165, 1.54) is 22.3 Å². The van der Waals surface area contributed by atoms with E-state index in [-0.39, 0.29) is 42.9 Å². The smallest absolute Gasteiger partial charge is 0.413 e. The number of fused-ring (bicyclic) bond motifs is 1. The predicted molar refractivity (Wildman–Crippen MR) is 170 cm³/mol. The number of halogens is 2. The minimum Gasteiger partial charge on any atom is -0.447 e. The van der Waals surface area contributed by atoms with E-state index in [0.717, 1.165) is 10.2 Å². The number of ether oxygens (including phenoxy) is 1. The van der Waals surface area contributed by atoms with Crippen molar-refractivity contribution in [1.29, 1.82) is 5.26 Å². The summed E-state index contributed by atoms with van der Waals surface area (Å²) in [6.07, 6.45) is 2.46. The van der Waals surface area contributed by atoms with Gasteiger partial charge in [0.15, 0.2) is 11.3 Å². The van der Waals surface area contributed by atoms with Gasteiger partial charge in [0, 0.05) is 32.0 Å². The van der Waals surface area contributed by atoms with Crippen molar-refractivity contribution in [2.45, 2.75) is 45.6 Å². The number of nitrogens with one attached hydrogen (secondary N) is 3. The molecule has 0 aliphatic heterocycles. The zero-order valence-corrected chi connectivity index (χ0v) is 26.5. The van der Waals surface area contributed by atoms with Crippen LogP contribution in [0.5, 0.6) is 0 Å². The number of nitrogens with zero attached hydrogens (tertiary/aromatic N) is 4. The van der Waals surface area contributed by atoms with Gasteiger partial charge in [-0.15, -0.1) is 0 Å². The molecule has 2 amide bonds. The van der Waals surface area contributed by atoms with Crippen LogP contribution in [0.15, 0.2) is 47.5 Å². The molecule has 3 aromatic rings. The summed E-state index contributed by atoms with van der Waals surface area (Å²) in [5, 5.41) is 27.1. The number of aromatic nitrogens is 1. The Labute approximate surface area is 265 Å². The third-order valence-electron chi connectivity index (χ3n) is 6.76. The second kappa shape index (κ2) is 16.7. The average Bonchev–Trinajstić information content (AvgIpc) is 3.41. The molecule has 0 aliphatic rings. The van der Waals surface area contributed by atoms with E-state index >= 15 is 0 Å². The van der Waals surface area contributed by atoms with Gasteiger partial charge in [-0.25, -0.2) is 14.2 Å². The van der Waals surface area contributed by atoms with Crippen LogP contribution >= 0.6 is 22.9 Å². The van der Waals surface area contributed by atoms with Gasteiger partial charge in [0.05, 0.1) is 27.8 Å². The van der Waals surface area contributed by atoms with Crippen molar-refractivity contribution in [2.24, 2.45) is 10.4 Å². The number of aliphatic hydroxyl groups is 1. The normalized spacial score (nSPS) is 12.3. The number of anilines is 1. The molecule has 44 heavy (non-hydrogen) atoms. The molecule has 1 aromatic heterocycles. The number of thiazole rings is 1. The molecule has 0 unspecified atom stereocenters. The molecule has 0 saturated heterocycles. The number of carbonyl (C=O) groups is 2. The fourth-order valence-corrected chi connectivity index (χ4v) is 5.12. The van der Waals surface area contributed by atoms with E-state index in [9.17, 15) is 19.1 Å². The maximum Gasteiger partial charge on any atom is 0.413 e. The number of benzene rings is 2. The standard InChI is InChI=1S/C30H37ClFN7O4S/c1-30(2,18-40)17-35-27(36-19-33)34-15-7-9-21(39(3)25(41)14-13-20-8-6-10-22(32)26(20)31)16-43-29(42)38-28-37-23-11-4-5-12-24(23)44-28/h4-6,8,10-12,21,40H,7,9,13-18H2,1-3H3,(H2,34,35,36)(H,37,38,42)/t21-/m0/s1. The van der Waals surface area contributed by atoms with Crippen LogP contribution in [-0.4, -0.2) is 72.3 Å². The molecule has 0 spiro atoms. The summed E-state index contributed by atoms with van der Waals surface area (Å²) >= 11 is 7.38. The first kappa shape index (κ1) is 34.5. The number of amides is 2. The third-order valence-corrected chi connectivity index (χ3v) is 8.14. The number of hydrogen-bond donors (Lipinski definition) is 4. The number of aryl methyl sites for hydroxylation is 1. The quantitative estimate of drug-likeness (QED) is 0.0634. The van der Waals surface area contributed by atoms with Crippen LogP contribution in [0.3, 0.4) is 0 Å². The Morgan fingerprint density at radius 1 is 1.27 bits per heavy atom. The highest BCUT2D eigenvalue weighted by Crippen LogP contribution is 2.25. The molecular formula is C30H37ClFN7O4S. The summed E-state index contributed by atoms with van der Waals surface area (Å²) in [7, 11) is 1.63. The van der Waals surface area contributed by atoms with Crippen LogP contribution in [0.1, 0.15) is 38.7 Å². The third kappa shape index (κ3) is 10.6. The maximum atomic E-state index is 13.9. The molecule has 0 saturated carbocycles. The molecule has 236 valence electrons. The van der Waals surface area contributed by atoms with E-state index in [1.54, 1.807) is 19.2 Å². The van der Waals surface area contributed by atoms with Crippen LogP contribution in [0, 0.1) is 22.7 Å². The van der Waals surface area contributed by atoms with Gasteiger partial charge in [0.1, 0.15) is 12.4 Å². The Hall–Kier alpha value is -3.99. The number of nitriles is 1. The monoisotopic (exact) mass is 645 g/mol. The van der Waals surface area contributed by atoms with Crippen molar-refractivity contribution < 1.29 is 23.8 Å². The zero-order chi connectivity index (χ0) is 32.1. The lowest BCUT2D eigenvalue weighted by Crippen LogP contribution is -2.42. The van der Waals surface area contributed by atoms with Gasteiger partial charge < -0.3 is 20.1 Å². The molecule has 3 rings (SSSR count). The zero-order valence-electron chi connectivity index (χ0n) is 24.9. The van der Waals surface area contributed by atoms with Gasteiger partial charge in [0.25, 0.3) is 0 Å². The Balaban J connectivity index is 1.61. The number of likely N-dealkylation sites (N-methyl/N-ethyl adjacent to an activating group) is 1. The van der Waals surface area contributed by atoms with Gasteiger partial charge in [-0.2, -0.15) is 5.26 Å². The fourth-order valence-electron chi connectivity index (χ4n) is 4.05. The van der Waals surface area contributed by atoms with Crippen LogP contribution < -0.4 is 16.0 Å². The Morgan fingerprint density at radius 2 is 2.05 bits per heavy atom.